The van der Waals surface area contributed by atoms with Crippen LogP contribution in [0.3, 0.4) is 0 Å². The fourth-order valence-corrected chi connectivity index (χ4v) is 3.32. The lowest BCUT2D eigenvalue weighted by molar-refractivity contribution is 0.472. The van der Waals surface area contributed by atoms with Gasteiger partial charge in [0.05, 0.1) is 0 Å². The molecule has 0 aliphatic carbocycles. The molecule has 2 unspecified atom stereocenters. The number of hydrogen-bond donors (Lipinski definition) is 1. The molecule has 16 heavy (non-hydrogen) atoms. The molecule has 1 nitrogen and oxygen atoms in total. The molecular weight excluding hydrogens is 221 g/mol. The summed E-state index contributed by atoms with van der Waals surface area (Å²) in [6.45, 7) is 4.36. The highest BCUT2D eigenvalue weighted by molar-refractivity contribution is 8.00. The molecule has 0 radical (unpaired) electrons. The van der Waals surface area contributed by atoms with Gasteiger partial charge >= 0.3 is 0 Å². The molecule has 3 heteroatoms. The first kappa shape index (κ1) is 11.9. The fourth-order valence-electron chi connectivity index (χ4n) is 2.16. The molecule has 1 saturated heterocycles. The smallest absolute Gasteiger partial charge is 0.123 e. The molecule has 1 aromatic rings. The number of benzene rings is 1. The van der Waals surface area contributed by atoms with Crippen LogP contribution in [0.15, 0.2) is 24.3 Å². The molecule has 3 atom stereocenters. The third-order valence-corrected chi connectivity index (χ3v) is 4.39. The van der Waals surface area contributed by atoms with Gasteiger partial charge in [0.15, 0.2) is 0 Å². The largest absolute Gasteiger partial charge is 0.307 e. The van der Waals surface area contributed by atoms with Gasteiger partial charge in [0.2, 0.25) is 0 Å². The number of nitrogens with one attached hydrogen (secondary N) is 1. The van der Waals surface area contributed by atoms with Crippen LogP contribution in [0.5, 0.6) is 0 Å². The van der Waals surface area contributed by atoms with Crippen molar-refractivity contribution in [3.63, 3.8) is 0 Å². The highest BCUT2D eigenvalue weighted by Gasteiger charge is 2.23. The van der Waals surface area contributed by atoms with Gasteiger partial charge in [-0.25, -0.2) is 4.39 Å². The van der Waals surface area contributed by atoms with Gasteiger partial charge in [-0.2, -0.15) is 11.8 Å². The summed E-state index contributed by atoms with van der Waals surface area (Å²) in [6.07, 6.45) is 1.21. The molecule has 1 aromatic carbocycles. The van der Waals surface area contributed by atoms with Crippen molar-refractivity contribution in [3.8, 4) is 0 Å². The predicted octanol–water partition coefficient (Wildman–Crippen LogP) is 3.37. The first-order valence-corrected chi connectivity index (χ1v) is 6.83. The molecule has 1 heterocycles. The monoisotopic (exact) mass is 239 g/mol. The molecule has 88 valence electrons. The lowest BCUT2D eigenvalue weighted by Crippen LogP contribution is -2.31. The Balaban J connectivity index is 1.95. The minimum atomic E-state index is -0.152. The van der Waals surface area contributed by atoms with E-state index in [2.05, 4.69) is 19.2 Å². The number of hydrogen-bond acceptors (Lipinski definition) is 2. The van der Waals surface area contributed by atoms with Crippen LogP contribution >= 0.6 is 11.8 Å². The van der Waals surface area contributed by atoms with E-state index in [4.69, 9.17) is 0 Å². The molecule has 1 aliphatic rings. The van der Waals surface area contributed by atoms with Gasteiger partial charge < -0.3 is 5.32 Å². The van der Waals surface area contributed by atoms with Crippen molar-refractivity contribution in [2.75, 3.05) is 5.75 Å². The second kappa shape index (κ2) is 5.19. The minimum absolute atomic E-state index is 0.152. The van der Waals surface area contributed by atoms with E-state index in [9.17, 15) is 4.39 Å². The van der Waals surface area contributed by atoms with Gasteiger partial charge in [-0.3, -0.25) is 0 Å². The van der Waals surface area contributed by atoms with Gasteiger partial charge in [-0.05, 0) is 31.0 Å². The summed E-state index contributed by atoms with van der Waals surface area (Å²) in [5.41, 5.74) is 1.03. The number of halogens is 1. The lowest BCUT2D eigenvalue weighted by atomic mass is 10.1. The van der Waals surface area contributed by atoms with E-state index >= 15 is 0 Å². The highest BCUT2D eigenvalue weighted by atomic mass is 32.2. The first-order chi connectivity index (χ1) is 7.65. The third kappa shape index (κ3) is 2.98. The van der Waals surface area contributed by atoms with E-state index in [-0.39, 0.29) is 11.9 Å². The lowest BCUT2D eigenvalue weighted by Gasteiger charge is -2.19. The standard InChI is InChI=1S/C13H18FNS/c1-9-6-13(8-16-9)15-10(2)11-4-3-5-12(14)7-11/h3-5,7,9-10,13,15H,6,8H2,1-2H3/t9?,10-,13?/m1/s1. The zero-order valence-corrected chi connectivity index (χ0v) is 10.6. The molecule has 1 aliphatic heterocycles. The molecule has 0 amide bonds. The molecule has 0 bridgehead atoms. The Morgan fingerprint density at radius 1 is 1.50 bits per heavy atom. The van der Waals surface area contributed by atoms with E-state index in [1.54, 1.807) is 12.1 Å². The van der Waals surface area contributed by atoms with Crippen LogP contribution in [0.1, 0.15) is 31.9 Å². The summed E-state index contributed by atoms with van der Waals surface area (Å²) >= 11 is 2.01. The third-order valence-electron chi connectivity index (χ3n) is 3.03. The topological polar surface area (TPSA) is 12.0 Å². The number of rotatable bonds is 3. The van der Waals surface area contributed by atoms with E-state index in [1.807, 2.05) is 17.8 Å². The van der Waals surface area contributed by atoms with E-state index in [0.717, 1.165) is 10.8 Å². The molecule has 2 rings (SSSR count). The van der Waals surface area contributed by atoms with Crippen LogP contribution in [-0.4, -0.2) is 17.0 Å². The van der Waals surface area contributed by atoms with Gasteiger partial charge in [0, 0.05) is 23.1 Å². The minimum Gasteiger partial charge on any atom is -0.307 e. The van der Waals surface area contributed by atoms with E-state index in [1.165, 1.54) is 18.2 Å². The maximum Gasteiger partial charge on any atom is 0.123 e. The van der Waals surface area contributed by atoms with Crippen molar-refractivity contribution in [3.05, 3.63) is 35.6 Å². The molecular formula is C13H18FNS. The summed E-state index contributed by atoms with van der Waals surface area (Å²) in [7, 11) is 0. The van der Waals surface area contributed by atoms with E-state index in [0.29, 0.717) is 6.04 Å². The molecule has 1 N–H and O–H groups in total. The average Bonchev–Trinajstić information content (AvgIpc) is 2.64. The summed E-state index contributed by atoms with van der Waals surface area (Å²) in [5, 5.41) is 4.31. The summed E-state index contributed by atoms with van der Waals surface area (Å²) in [4.78, 5) is 0. The predicted molar refractivity (Wildman–Crippen MR) is 68.3 cm³/mol. The highest BCUT2D eigenvalue weighted by Crippen LogP contribution is 2.27. The quantitative estimate of drug-likeness (QED) is 0.868. The molecule has 0 aromatic heterocycles. The van der Waals surface area contributed by atoms with Crippen LogP contribution in [0.4, 0.5) is 4.39 Å². The van der Waals surface area contributed by atoms with Crippen LogP contribution in [0, 0.1) is 5.82 Å². The van der Waals surface area contributed by atoms with Crippen LogP contribution in [0.2, 0.25) is 0 Å². The first-order valence-electron chi connectivity index (χ1n) is 5.78. The Bertz CT molecular complexity index is 356. The van der Waals surface area contributed by atoms with Crippen molar-refractivity contribution in [1.29, 1.82) is 0 Å². The fraction of sp³-hybridized carbons (Fsp3) is 0.538. The van der Waals surface area contributed by atoms with Crippen molar-refractivity contribution in [1.82, 2.24) is 5.32 Å². The van der Waals surface area contributed by atoms with Crippen molar-refractivity contribution in [2.24, 2.45) is 0 Å². The van der Waals surface area contributed by atoms with E-state index < -0.39 is 0 Å². The Morgan fingerprint density at radius 3 is 2.94 bits per heavy atom. The molecule has 0 saturated carbocycles. The summed E-state index contributed by atoms with van der Waals surface area (Å²) < 4.78 is 13.1. The summed E-state index contributed by atoms with van der Waals surface area (Å²) in [5.74, 6) is 1.01. The maximum absolute atomic E-state index is 13.1. The van der Waals surface area contributed by atoms with Crippen molar-refractivity contribution < 1.29 is 4.39 Å². The van der Waals surface area contributed by atoms with Gasteiger partial charge in [-0.1, -0.05) is 19.1 Å². The second-order valence-electron chi connectivity index (χ2n) is 4.52. The molecule has 0 spiro atoms. The zero-order chi connectivity index (χ0) is 11.5. The van der Waals surface area contributed by atoms with Crippen molar-refractivity contribution in [2.45, 2.75) is 37.6 Å². The average molecular weight is 239 g/mol. The number of thioether (sulfide) groups is 1. The van der Waals surface area contributed by atoms with Crippen LogP contribution in [-0.2, 0) is 0 Å². The maximum atomic E-state index is 13.1. The molecule has 1 fully saturated rings. The second-order valence-corrected chi connectivity index (χ2v) is 5.99. The summed E-state index contributed by atoms with van der Waals surface area (Å²) in [6, 6.07) is 7.65. The Kier molecular flexibility index (Phi) is 3.87. The van der Waals surface area contributed by atoms with Gasteiger partial charge in [0.25, 0.3) is 0 Å². The van der Waals surface area contributed by atoms with Crippen molar-refractivity contribution >= 4 is 11.8 Å². The van der Waals surface area contributed by atoms with Gasteiger partial charge in [0.1, 0.15) is 5.82 Å². The van der Waals surface area contributed by atoms with Gasteiger partial charge in [-0.15, -0.1) is 0 Å². The van der Waals surface area contributed by atoms with Crippen LogP contribution in [0.25, 0.3) is 0 Å². The Morgan fingerprint density at radius 2 is 2.31 bits per heavy atom. The zero-order valence-electron chi connectivity index (χ0n) is 9.74. The van der Waals surface area contributed by atoms with Crippen LogP contribution < -0.4 is 5.32 Å². The normalized spacial score (nSPS) is 26.9. The Hall–Kier alpha value is -0.540. The Labute approximate surface area is 101 Å². The SMILES string of the molecule is CC1CC(N[C@H](C)c2cccc(F)c2)CS1.